The third kappa shape index (κ3) is 3.15. The highest BCUT2D eigenvalue weighted by molar-refractivity contribution is 5.91. The first kappa shape index (κ1) is 26.9. The van der Waals surface area contributed by atoms with Crippen LogP contribution in [0.25, 0.3) is 0 Å². The molecule has 0 aromatic heterocycles. The Balaban J connectivity index is 1.35. The van der Waals surface area contributed by atoms with Crippen molar-refractivity contribution in [2.24, 2.45) is 45.8 Å². The predicted molar refractivity (Wildman–Crippen MR) is 148 cm³/mol. The molecule has 0 amide bonds. The predicted octanol–water partition coefficient (Wildman–Crippen LogP) is 5.50. The van der Waals surface area contributed by atoms with Crippen molar-refractivity contribution in [3.05, 3.63) is 0 Å². The van der Waals surface area contributed by atoms with Crippen molar-refractivity contribution in [3.8, 4) is 0 Å². The van der Waals surface area contributed by atoms with Crippen molar-refractivity contribution in [3.63, 3.8) is 0 Å². The highest BCUT2D eigenvalue weighted by atomic mass is 16.5. The Kier molecular flexibility index (Phi) is 5.73. The molecule has 0 aromatic rings. The van der Waals surface area contributed by atoms with E-state index in [9.17, 15) is 14.7 Å². The van der Waals surface area contributed by atoms with Crippen LogP contribution >= 0.6 is 0 Å². The van der Waals surface area contributed by atoms with E-state index in [1.165, 1.54) is 19.8 Å². The van der Waals surface area contributed by atoms with Crippen molar-refractivity contribution in [1.82, 2.24) is 4.90 Å². The molecule has 4 aliphatic heterocycles. The molecule has 0 aromatic carbocycles. The molecule has 7 fully saturated rings. The SMILES string of the molecule is CC(=O)O[C@@H](C[C@]12[C@@H]3[C@@H](C(C)C)CC[C@@]1(C)[C@H]1CC[C@@]4(CCC[C@H]42)N3[C@H]1O)C(=O)[C@@]1(C)CO[C@@]2(C)CC[C@@H]1C2. The van der Waals surface area contributed by atoms with E-state index < -0.39 is 17.7 Å². The van der Waals surface area contributed by atoms with Gasteiger partial charge in [0.25, 0.3) is 0 Å². The van der Waals surface area contributed by atoms with Crippen molar-refractivity contribution in [2.45, 2.75) is 142 Å². The lowest BCUT2D eigenvalue weighted by Crippen LogP contribution is -2.72. The number of piperidine rings is 2. The zero-order valence-electron chi connectivity index (χ0n) is 25.1. The molecule has 6 nitrogen and oxygen atoms in total. The van der Waals surface area contributed by atoms with Crippen molar-refractivity contribution in [1.29, 1.82) is 0 Å². The van der Waals surface area contributed by atoms with Gasteiger partial charge in [-0.2, -0.15) is 0 Å². The van der Waals surface area contributed by atoms with E-state index in [4.69, 9.17) is 9.47 Å². The normalized spacial score (nSPS) is 55.5. The van der Waals surface area contributed by atoms with E-state index in [-0.39, 0.29) is 51.6 Å². The van der Waals surface area contributed by atoms with Gasteiger partial charge >= 0.3 is 5.97 Å². The van der Waals surface area contributed by atoms with Crippen LogP contribution in [0, 0.1) is 45.8 Å². The first-order valence-electron chi connectivity index (χ1n) is 16.2. The number of ketones is 1. The highest BCUT2D eigenvalue weighted by Crippen LogP contribution is 2.80. The highest BCUT2D eigenvalue weighted by Gasteiger charge is 2.82. The fourth-order valence-corrected chi connectivity index (χ4v) is 12.6. The van der Waals surface area contributed by atoms with Crippen molar-refractivity contribution in [2.75, 3.05) is 6.61 Å². The zero-order valence-corrected chi connectivity index (χ0v) is 25.1. The number of aliphatic hydroxyl groups is 1. The molecule has 6 heteroatoms. The molecule has 1 unspecified atom stereocenters. The van der Waals surface area contributed by atoms with Gasteiger partial charge in [-0.1, -0.05) is 27.2 Å². The summed E-state index contributed by atoms with van der Waals surface area (Å²) in [7, 11) is 0. The van der Waals surface area contributed by atoms with Crippen LogP contribution in [-0.2, 0) is 19.1 Å². The zero-order chi connectivity index (χ0) is 27.8. The van der Waals surface area contributed by atoms with E-state index in [0.717, 1.165) is 51.4 Å². The maximum absolute atomic E-state index is 14.7. The number of Topliss-reactive ketones (excluding diaryl/α,β-unsaturated/α-hetero) is 1. The summed E-state index contributed by atoms with van der Waals surface area (Å²) in [5, 5.41) is 12.0. The van der Waals surface area contributed by atoms with Crippen LogP contribution in [0.5, 0.6) is 0 Å². The van der Waals surface area contributed by atoms with E-state index in [1.54, 1.807) is 0 Å². The van der Waals surface area contributed by atoms with Gasteiger partial charge in [-0.05, 0) is 107 Å². The number of hydrogen-bond acceptors (Lipinski definition) is 6. The Morgan fingerprint density at radius 3 is 2.54 bits per heavy atom. The molecule has 13 atom stereocenters. The molecular formula is C33H51NO5. The summed E-state index contributed by atoms with van der Waals surface area (Å²) >= 11 is 0. The lowest BCUT2D eigenvalue weighted by molar-refractivity contribution is -0.261. The van der Waals surface area contributed by atoms with E-state index in [0.29, 0.717) is 30.8 Å². The number of esters is 1. The van der Waals surface area contributed by atoms with Crippen LogP contribution in [0.3, 0.4) is 0 Å². The lowest BCUT2D eigenvalue weighted by Gasteiger charge is -2.68. The molecule has 39 heavy (non-hydrogen) atoms. The summed E-state index contributed by atoms with van der Waals surface area (Å²) in [5.41, 5.74) is -0.913. The lowest BCUT2D eigenvalue weighted by atomic mass is 9.41. The fourth-order valence-electron chi connectivity index (χ4n) is 12.6. The maximum atomic E-state index is 14.7. The van der Waals surface area contributed by atoms with Crippen molar-refractivity contribution >= 4 is 11.8 Å². The molecule has 218 valence electrons. The van der Waals surface area contributed by atoms with Gasteiger partial charge in [0.15, 0.2) is 11.9 Å². The maximum Gasteiger partial charge on any atom is 0.303 e. The number of fused-ring (bicyclic) bond motifs is 4. The Morgan fingerprint density at radius 2 is 1.82 bits per heavy atom. The minimum Gasteiger partial charge on any atom is -0.454 e. The van der Waals surface area contributed by atoms with Crippen molar-refractivity contribution < 1.29 is 24.2 Å². The van der Waals surface area contributed by atoms with Gasteiger partial charge in [-0.25, -0.2) is 0 Å². The first-order chi connectivity index (χ1) is 18.3. The Bertz CT molecular complexity index is 1080. The molecule has 0 radical (unpaired) electrons. The van der Waals surface area contributed by atoms with Gasteiger partial charge in [0.1, 0.15) is 6.23 Å². The largest absolute Gasteiger partial charge is 0.454 e. The Morgan fingerprint density at radius 1 is 1.05 bits per heavy atom. The first-order valence-corrected chi connectivity index (χ1v) is 16.2. The summed E-state index contributed by atoms with van der Waals surface area (Å²) in [6.07, 6.45) is 10.4. The number of hydrogen-bond donors (Lipinski definition) is 1. The van der Waals surface area contributed by atoms with Gasteiger partial charge < -0.3 is 14.6 Å². The van der Waals surface area contributed by atoms with Gasteiger partial charge in [0.05, 0.1) is 17.6 Å². The van der Waals surface area contributed by atoms with Gasteiger partial charge in [-0.3, -0.25) is 14.5 Å². The quantitative estimate of drug-likeness (QED) is 0.448. The second-order valence-corrected chi connectivity index (χ2v) is 16.1. The smallest absolute Gasteiger partial charge is 0.303 e. The monoisotopic (exact) mass is 541 g/mol. The number of carbonyl (C=O) groups excluding carboxylic acids is 2. The summed E-state index contributed by atoms with van der Waals surface area (Å²) in [4.78, 5) is 30.0. The van der Waals surface area contributed by atoms with Gasteiger partial charge in [-0.15, -0.1) is 0 Å². The van der Waals surface area contributed by atoms with E-state index in [2.05, 4.69) is 39.5 Å². The van der Waals surface area contributed by atoms with Crippen LogP contribution in [0.4, 0.5) is 0 Å². The fraction of sp³-hybridized carbons (Fsp3) is 0.939. The number of rotatable bonds is 6. The van der Waals surface area contributed by atoms with Gasteiger partial charge in [0, 0.05) is 29.8 Å². The number of ether oxygens (including phenoxy) is 2. The van der Waals surface area contributed by atoms with E-state index >= 15 is 0 Å². The molecule has 1 N–H and O–H groups in total. The Labute approximate surface area is 234 Å². The molecule has 4 saturated heterocycles. The average molecular weight is 542 g/mol. The van der Waals surface area contributed by atoms with Crippen LogP contribution in [0.1, 0.15) is 112 Å². The molecule has 3 saturated carbocycles. The minimum atomic E-state index is -0.749. The van der Waals surface area contributed by atoms with Gasteiger partial charge in [0.2, 0.25) is 0 Å². The second-order valence-electron chi connectivity index (χ2n) is 16.1. The Hall–Kier alpha value is -0.980. The third-order valence-corrected chi connectivity index (χ3v) is 14.4. The molecular weight excluding hydrogens is 490 g/mol. The minimum absolute atomic E-state index is 0.0325. The molecule has 7 bridgehead atoms. The summed E-state index contributed by atoms with van der Waals surface area (Å²) in [5.74, 6) is 1.66. The second kappa shape index (κ2) is 8.31. The van der Waals surface area contributed by atoms with Crippen LogP contribution in [0.2, 0.25) is 0 Å². The molecule has 4 heterocycles. The average Bonchev–Trinajstić information content (AvgIpc) is 3.48. The molecule has 1 spiro atoms. The standard InChI is InChI=1S/C33H51NO5/c1-19(2)22-10-14-31(6)23-11-15-32-12-7-8-25(32)33(31,26(22)34(32)28(23)37)17-24(39-20(3)35)27(36)30(5)18-38-29(4)13-9-21(30)16-29/h19,21-26,28,37H,7-18H2,1-6H3/t21-,22-,23+,24+,25-,26+,28+,29+,30+,31+,32-,33+/m1/s1. The summed E-state index contributed by atoms with van der Waals surface area (Å²) in [6, 6.07) is 0.240. The molecule has 7 rings (SSSR count). The summed E-state index contributed by atoms with van der Waals surface area (Å²) in [6.45, 7) is 13.3. The molecule has 3 aliphatic carbocycles. The number of aliphatic hydroxyl groups excluding tert-OH is 1. The van der Waals surface area contributed by atoms with Crippen LogP contribution < -0.4 is 0 Å². The number of nitrogens with zero attached hydrogens (tertiary/aromatic N) is 1. The number of carbonyl (C=O) groups is 2. The third-order valence-electron chi connectivity index (χ3n) is 14.4. The summed E-state index contributed by atoms with van der Waals surface area (Å²) < 4.78 is 12.5. The van der Waals surface area contributed by atoms with E-state index in [1.807, 2.05) is 0 Å². The topological polar surface area (TPSA) is 76.1 Å². The molecule has 7 aliphatic rings. The van der Waals surface area contributed by atoms with Crippen LogP contribution in [0.15, 0.2) is 0 Å². The van der Waals surface area contributed by atoms with Crippen LogP contribution in [-0.4, -0.2) is 57.9 Å².